The van der Waals surface area contributed by atoms with Crippen molar-refractivity contribution < 1.29 is 14.3 Å². The zero-order valence-corrected chi connectivity index (χ0v) is 11.6. The molecule has 1 aromatic heterocycles. The topological polar surface area (TPSA) is 57.5 Å². The van der Waals surface area contributed by atoms with Crippen molar-refractivity contribution in [3.05, 3.63) is 51.7 Å². The molecule has 1 aliphatic rings. The average Bonchev–Trinajstić information content (AvgIpc) is 2.91. The summed E-state index contributed by atoms with van der Waals surface area (Å²) in [6.07, 6.45) is 0.208. The van der Waals surface area contributed by atoms with E-state index >= 15 is 0 Å². The van der Waals surface area contributed by atoms with Crippen molar-refractivity contribution in [2.75, 3.05) is 7.11 Å². The molecule has 1 aromatic carbocycles. The Balaban J connectivity index is 2.14. The Morgan fingerprint density at radius 1 is 1.30 bits per heavy atom. The lowest BCUT2D eigenvalue weighted by Crippen LogP contribution is -2.10. The lowest BCUT2D eigenvalue weighted by atomic mass is 9.88. The van der Waals surface area contributed by atoms with Crippen molar-refractivity contribution in [3.8, 4) is 0 Å². The van der Waals surface area contributed by atoms with Gasteiger partial charge in [0.25, 0.3) is 5.91 Å². The van der Waals surface area contributed by atoms with E-state index in [1.54, 1.807) is 11.4 Å². The summed E-state index contributed by atoms with van der Waals surface area (Å²) in [7, 11) is 1.37. The molecule has 0 N–H and O–H groups in total. The quantitative estimate of drug-likeness (QED) is 0.798. The maximum atomic E-state index is 12.2. The molecule has 1 amide bonds. The second-order valence-corrected chi connectivity index (χ2v) is 5.29. The van der Waals surface area contributed by atoms with Gasteiger partial charge in [-0.25, -0.2) is 5.32 Å². The molecule has 2 aromatic rings. The summed E-state index contributed by atoms with van der Waals surface area (Å²) in [4.78, 5) is 23.8. The lowest BCUT2D eigenvalue weighted by Gasteiger charge is -2.16. The van der Waals surface area contributed by atoms with E-state index in [0.717, 1.165) is 11.1 Å². The summed E-state index contributed by atoms with van der Waals surface area (Å²) in [6.45, 7) is 0. The monoisotopic (exact) mass is 286 g/mol. The third-order valence-electron chi connectivity index (χ3n) is 3.43. The molecule has 0 fully saturated rings. The molecule has 1 unspecified atom stereocenters. The number of rotatable bonds is 2. The SMILES string of the molecule is COC(=O)CC1c2ccccc2[N]C(=O)c2cscc21. The maximum Gasteiger partial charge on any atom is 0.306 e. The molecule has 1 radical (unpaired) electrons. The zero-order chi connectivity index (χ0) is 14.1. The van der Waals surface area contributed by atoms with Gasteiger partial charge in [0.2, 0.25) is 0 Å². The van der Waals surface area contributed by atoms with Crippen LogP contribution in [0.1, 0.15) is 33.8 Å². The Labute approximate surface area is 120 Å². The average molecular weight is 286 g/mol. The minimum Gasteiger partial charge on any atom is -0.469 e. The van der Waals surface area contributed by atoms with Crippen LogP contribution >= 0.6 is 11.3 Å². The minimum absolute atomic E-state index is 0.185. The maximum absolute atomic E-state index is 12.2. The van der Waals surface area contributed by atoms with E-state index in [-0.39, 0.29) is 24.2 Å². The van der Waals surface area contributed by atoms with Gasteiger partial charge in [0.15, 0.2) is 0 Å². The molecule has 1 aliphatic heterocycles. The first kappa shape index (κ1) is 12.9. The highest BCUT2D eigenvalue weighted by molar-refractivity contribution is 7.08. The van der Waals surface area contributed by atoms with Crippen molar-refractivity contribution in [1.82, 2.24) is 5.32 Å². The Morgan fingerprint density at radius 2 is 2.10 bits per heavy atom. The van der Waals surface area contributed by atoms with Gasteiger partial charge in [0, 0.05) is 11.3 Å². The number of fused-ring (bicyclic) bond motifs is 2. The number of carbonyl (C=O) groups is 2. The molecule has 0 aliphatic carbocycles. The molecule has 0 bridgehead atoms. The van der Waals surface area contributed by atoms with Crippen LogP contribution in [0, 0.1) is 0 Å². The number of carbonyl (C=O) groups excluding carboxylic acids is 2. The van der Waals surface area contributed by atoms with Gasteiger partial charge in [-0.1, -0.05) is 18.2 Å². The molecule has 0 saturated heterocycles. The summed E-state index contributed by atoms with van der Waals surface area (Å²) in [6, 6.07) is 7.43. The van der Waals surface area contributed by atoms with Gasteiger partial charge in [-0.2, -0.15) is 11.3 Å². The molecule has 3 rings (SSSR count). The molecule has 1 atom stereocenters. The Morgan fingerprint density at radius 3 is 2.90 bits per heavy atom. The standard InChI is InChI=1S/C15H12NO3S/c1-19-14(17)6-10-9-4-2-3-5-13(9)16-15(18)12-8-20-7-11(10)12/h2-5,7-8,10H,6H2,1H3. The van der Waals surface area contributed by atoms with Gasteiger partial charge in [-0.05, 0) is 22.6 Å². The smallest absolute Gasteiger partial charge is 0.306 e. The van der Waals surface area contributed by atoms with E-state index in [9.17, 15) is 9.59 Å². The highest BCUT2D eigenvalue weighted by Crippen LogP contribution is 2.39. The van der Waals surface area contributed by atoms with E-state index in [1.165, 1.54) is 18.4 Å². The van der Waals surface area contributed by atoms with Gasteiger partial charge >= 0.3 is 5.97 Å². The third-order valence-corrected chi connectivity index (χ3v) is 4.19. The lowest BCUT2D eigenvalue weighted by molar-refractivity contribution is -0.140. The first-order valence-electron chi connectivity index (χ1n) is 6.18. The predicted molar refractivity (Wildman–Crippen MR) is 75.4 cm³/mol. The summed E-state index contributed by atoms with van der Waals surface area (Å²) >= 11 is 1.45. The highest BCUT2D eigenvalue weighted by Gasteiger charge is 2.30. The molecule has 5 heteroatoms. The van der Waals surface area contributed by atoms with E-state index in [4.69, 9.17) is 4.74 Å². The van der Waals surface area contributed by atoms with Gasteiger partial charge in [-0.3, -0.25) is 9.59 Å². The van der Waals surface area contributed by atoms with Crippen LogP contribution in [0.2, 0.25) is 0 Å². The number of amides is 1. The van der Waals surface area contributed by atoms with E-state index in [2.05, 4.69) is 5.32 Å². The second kappa shape index (κ2) is 5.09. The molecule has 2 heterocycles. The number of benzene rings is 1. The van der Waals surface area contributed by atoms with Crippen LogP contribution in [-0.4, -0.2) is 19.0 Å². The fourth-order valence-corrected chi connectivity index (χ4v) is 3.32. The van der Waals surface area contributed by atoms with Gasteiger partial charge < -0.3 is 4.74 Å². The van der Waals surface area contributed by atoms with Crippen LogP contribution in [0.4, 0.5) is 5.69 Å². The number of methoxy groups -OCH3 is 1. The third kappa shape index (κ3) is 2.10. The summed E-state index contributed by atoms with van der Waals surface area (Å²) < 4.78 is 4.78. The van der Waals surface area contributed by atoms with E-state index in [0.29, 0.717) is 11.3 Å². The Bertz CT molecular complexity index is 677. The Kier molecular flexibility index (Phi) is 3.28. The van der Waals surface area contributed by atoms with Crippen molar-refractivity contribution in [2.45, 2.75) is 12.3 Å². The number of thiophene rings is 1. The van der Waals surface area contributed by atoms with Crippen LogP contribution in [0.3, 0.4) is 0 Å². The van der Waals surface area contributed by atoms with Crippen LogP contribution in [0.25, 0.3) is 0 Å². The molecule has 4 nitrogen and oxygen atoms in total. The number of ether oxygens (including phenoxy) is 1. The van der Waals surface area contributed by atoms with Crippen LogP contribution < -0.4 is 5.32 Å². The molecular weight excluding hydrogens is 274 g/mol. The first-order valence-corrected chi connectivity index (χ1v) is 7.13. The fourth-order valence-electron chi connectivity index (χ4n) is 2.44. The number of para-hydroxylation sites is 1. The van der Waals surface area contributed by atoms with Crippen molar-refractivity contribution in [3.63, 3.8) is 0 Å². The van der Waals surface area contributed by atoms with Crippen LogP contribution in [0.15, 0.2) is 35.0 Å². The minimum atomic E-state index is -0.295. The number of hydrogen-bond acceptors (Lipinski definition) is 4. The van der Waals surface area contributed by atoms with E-state index in [1.807, 2.05) is 23.6 Å². The van der Waals surface area contributed by atoms with Crippen molar-refractivity contribution in [1.29, 1.82) is 0 Å². The van der Waals surface area contributed by atoms with E-state index < -0.39 is 0 Å². The molecular formula is C15H12NO3S. The zero-order valence-electron chi connectivity index (χ0n) is 10.8. The van der Waals surface area contributed by atoms with Crippen LogP contribution in [0.5, 0.6) is 0 Å². The van der Waals surface area contributed by atoms with Crippen molar-refractivity contribution in [2.24, 2.45) is 0 Å². The second-order valence-electron chi connectivity index (χ2n) is 4.55. The Hall–Kier alpha value is -2.14. The highest BCUT2D eigenvalue weighted by atomic mass is 32.1. The summed E-state index contributed by atoms with van der Waals surface area (Å²) in [5, 5.41) is 7.86. The number of nitrogens with zero attached hydrogens (tertiary/aromatic N) is 1. The van der Waals surface area contributed by atoms with Gasteiger partial charge in [0.05, 0.1) is 24.8 Å². The summed E-state index contributed by atoms with van der Waals surface area (Å²) in [5.41, 5.74) is 2.97. The molecule has 101 valence electrons. The largest absolute Gasteiger partial charge is 0.469 e. The predicted octanol–water partition coefficient (Wildman–Crippen LogP) is 2.83. The van der Waals surface area contributed by atoms with Crippen LogP contribution in [-0.2, 0) is 9.53 Å². The fraction of sp³-hybridized carbons (Fsp3) is 0.200. The van der Waals surface area contributed by atoms with Crippen molar-refractivity contribution >= 4 is 28.9 Å². The first-order chi connectivity index (χ1) is 9.70. The van der Waals surface area contributed by atoms with Gasteiger partial charge in [-0.15, -0.1) is 0 Å². The van der Waals surface area contributed by atoms with Gasteiger partial charge in [0.1, 0.15) is 0 Å². The molecule has 0 spiro atoms. The number of hydrogen-bond donors (Lipinski definition) is 0. The number of esters is 1. The molecule has 20 heavy (non-hydrogen) atoms. The normalized spacial score (nSPS) is 16.6. The molecule has 0 saturated carbocycles. The summed E-state index contributed by atoms with van der Waals surface area (Å²) in [5.74, 6) is -0.729.